The van der Waals surface area contributed by atoms with E-state index in [9.17, 15) is 9.59 Å². The second kappa shape index (κ2) is 6.99. The fourth-order valence-corrected chi connectivity index (χ4v) is 2.54. The van der Waals surface area contributed by atoms with Crippen molar-refractivity contribution in [3.8, 4) is 11.6 Å². The number of likely N-dealkylation sites (tertiary alicyclic amines) is 1. The van der Waals surface area contributed by atoms with Gasteiger partial charge in [-0.2, -0.15) is 0 Å². The first kappa shape index (κ1) is 15.8. The molecule has 7 heteroatoms. The highest BCUT2D eigenvalue weighted by atomic mass is 16.5. The molecule has 0 spiro atoms. The van der Waals surface area contributed by atoms with Gasteiger partial charge in [0.1, 0.15) is 11.4 Å². The Balaban J connectivity index is 1.69. The third-order valence-corrected chi connectivity index (χ3v) is 3.85. The summed E-state index contributed by atoms with van der Waals surface area (Å²) in [7, 11) is 0. The molecule has 0 aliphatic carbocycles. The van der Waals surface area contributed by atoms with Gasteiger partial charge >= 0.3 is 6.03 Å². The van der Waals surface area contributed by atoms with Gasteiger partial charge in [-0.25, -0.2) is 9.78 Å². The number of para-hydroxylation sites is 1. The number of ether oxygens (including phenoxy) is 1. The number of carbonyl (C=O) groups excluding carboxylic acids is 2. The number of anilines is 1. The normalized spacial score (nSPS) is 16.7. The number of benzene rings is 1. The highest BCUT2D eigenvalue weighted by molar-refractivity contribution is 5.91. The average Bonchev–Trinajstić information content (AvgIpc) is 3.08. The Morgan fingerprint density at radius 1 is 1.21 bits per heavy atom. The predicted octanol–water partition coefficient (Wildman–Crippen LogP) is 2.21. The lowest BCUT2D eigenvalue weighted by Gasteiger charge is -2.18. The fourth-order valence-electron chi connectivity index (χ4n) is 2.54. The maximum atomic E-state index is 12.4. The molecule has 1 aliphatic rings. The van der Waals surface area contributed by atoms with Gasteiger partial charge in [0, 0.05) is 19.3 Å². The Hall–Kier alpha value is -3.09. The Bertz CT molecular complexity index is 736. The largest absolute Gasteiger partial charge is 0.437 e. The summed E-state index contributed by atoms with van der Waals surface area (Å²) < 4.78 is 5.71. The first-order chi connectivity index (χ1) is 11.6. The predicted molar refractivity (Wildman–Crippen MR) is 88.6 cm³/mol. The molecule has 0 unspecified atom stereocenters. The number of nitrogens with zero attached hydrogens (tertiary/aromatic N) is 2. The molecule has 1 aromatic heterocycles. The van der Waals surface area contributed by atoms with E-state index in [1.54, 1.807) is 35.4 Å². The third-order valence-electron chi connectivity index (χ3n) is 3.85. The van der Waals surface area contributed by atoms with Crippen molar-refractivity contribution < 1.29 is 14.3 Å². The zero-order valence-electron chi connectivity index (χ0n) is 13.0. The van der Waals surface area contributed by atoms with Crippen molar-refractivity contribution in [2.45, 2.75) is 6.42 Å². The van der Waals surface area contributed by atoms with Crippen LogP contribution in [0.4, 0.5) is 10.5 Å². The van der Waals surface area contributed by atoms with Gasteiger partial charge in [0.2, 0.25) is 11.8 Å². The molecular weight excluding hydrogens is 308 g/mol. The van der Waals surface area contributed by atoms with E-state index in [4.69, 9.17) is 10.5 Å². The summed E-state index contributed by atoms with van der Waals surface area (Å²) in [4.78, 5) is 29.3. The van der Waals surface area contributed by atoms with Crippen LogP contribution in [0.25, 0.3) is 0 Å². The topological polar surface area (TPSA) is 97.6 Å². The first-order valence-corrected chi connectivity index (χ1v) is 7.66. The van der Waals surface area contributed by atoms with Gasteiger partial charge in [-0.3, -0.25) is 4.79 Å². The number of hydrogen-bond donors (Lipinski definition) is 2. The lowest BCUT2D eigenvalue weighted by atomic mass is 10.1. The molecule has 2 heterocycles. The monoisotopic (exact) mass is 326 g/mol. The number of hydrogen-bond acceptors (Lipinski definition) is 4. The smallest absolute Gasteiger partial charge is 0.322 e. The van der Waals surface area contributed by atoms with Crippen molar-refractivity contribution in [1.82, 2.24) is 9.88 Å². The molecule has 1 saturated heterocycles. The molecule has 24 heavy (non-hydrogen) atoms. The Morgan fingerprint density at radius 2 is 2.00 bits per heavy atom. The molecule has 124 valence electrons. The lowest BCUT2D eigenvalue weighted by molar-refractivity contribution is -0.121. The van der Waals surface area contributed by atoms with Gasteiger partial charge in [0.05, 0.1) is 5.92 Å². The van der Waals surface area contributed by atoms with Crippen molar-refractivity contribution >= 4 is 17.6 Å². The van der Waals surface area contributed by atoms with Crippen LogP contribution in [0.3, 0.4) is 0 Å². The molecule has 0 bridgehead atoms. The van der Waals surface area contributed by atoms with E-state index in [0.717, 1.165) is 0 Å². The van der Waals surface area contributed by atoms with Crippen molar-refractivity contribution in [1.29, 1.82) is 0 Å². The number of nitrogens with one attached hydrogen (secondary N) is 1. The lowest BCUT2D eigenvalue weighted by Crippen LogP contribution is -2.35. The molecule has 0 saturated carbocycles. The fraction of sp³-hybridized carbons (Fsp3) is 0.235. The number of carbonyl (C=O) groups is 2. The minimum atomic E-state index is -0.375. The van der Waals surface area contributed by atoms with Crippen LogP contribution in [0.1, 0.15) is 6.42 Å². The first-order valence-electron chi connectivity index (χ1n) is 7.66. The molecule has 2 aromatic rings. The third kappa shape index (κ3) is 3.62. The summed E-state index contributed by atoms with van der Waals surface area (Å²) in [6.07, 6.45) is 2.18. The summed E-state index contributed by atoms with van der Waals surface area (Å²) in [5.41, 5.74) is 5.76. The Labute approximate surface area is 139 Å². The molecule has 1 aliphatic heterocycles. The maximum absolute atomic E-state index is 12.4. The quantitative estimate of drug-likeness (QED) is 0.900. The number of primary amides is 1. The minimum absolute atomic E-state index is 0.287. The van der Waals surface area contributed by atoms with Crippen molar-refractivity contribution in [3.63, 3.8) is 0 Å². The SMILES string of the molecule is NC(=O)[C@H]1CCN(C(=O)Nc2cccnc2Oc2ccccc2)C1. The molecule has 1 atom stereocenters. The molecule has 1 aromatic carbocycles. The second-order valence-corrected chi connectivity index (χ2v) is 5.54. The van der Waals surface area contributed by atoms with Crippen molar-refractivity contribution in [3.05, 3.63) is 48.7 Å². The Morgan fingerprint density at radius 3 is 2.71 bits per heavy atom. The molecular formula is C17H18N4O3. The number of nitrogens with two attached hydrogens (primary N) is 1. The molecule has 3 N–H and O–H groups in total. The summed E-state index contributed by atoms with van der Waals surface area (Å²) in [6.45, 7) is 0.824. The van der Waals surface area contributed by atoms with Crippen LogP contribution in [0.2, 0.25) is 0 Å². The highest BCUT2D eigenvalue weighted by Gasteiger charge is 2.30. The van der Waals surface area contributed by atoms with E-state index < -0.39 is 0 Å². The zero-order valence-corrected chi connectivity index (χ0v) is 13.0. The van der Waals surface area contributed by atoms with Gasteiger partial charge in [0.15, 0.2) is 0 Å². The molecule has 0 radical (unpaired) electrons. The van der Waals surface area contributed by atoms with Crippen LogP contribution in [-0.4, -0.2) is 34.9 Å². The number of urea groups is 1. The summed E-state index contributed by atoms with van der Waals surface area (Å²) in [6, 6.07) is 12.3. The van der Waals surface area contributed by atoms with E-state index in [0.29, 0.717) is 36.8 Å². The van der Waals surface area contributed by atoms with Crippen LogP contribution in [0, 0.1) is 5.92 Å². The second-order valence-electron chi connectivity index (χ2n) is 5.54. The van der Waals surface area contributed by atoms with E-state index in [-0.39, 0.29) is 17.9 Å². The van der Waals surface area contributed by atoms with E-state index >= 15 is 0 Å². The van der Waals surface area contributed by atoms with Crippen LogP contribution in [0.15, 0.2) is 48.7 Å². The van der Waals surface area contributed by atoms with Crippen LogP contribution >= 0.6 is 0 Å². The average molecular weight is 326 g/mol. The maximum Gasteiger partial charge on any atom is 0.322 e. The van der Waals surface area contributed by atoms with Crippen molar-refractivity contribution in [2.24, 2.45) is 11.7 Å². The van der Waals surface area contributed by atoms with E-state index in [1.807, 2.05) is 18.2 Å². The number of aromatic nitrogens is 1. The van der Waals surface area contributed by atoms with Crippen LogP contribution < -0.4 is 15.8 Å². The van der Waals surface area contributed by atoms with E-state index in [1.165, 1.54) is 0 Å². The molecule has 7 nitrogen and oxygen atoms in total. The van der Waals surface area contributed by atoms with Gasteiger partial charge in [0.25, 0.3) is 0 Å². The Kier molecular flexibility index (Phi) is 4.60. The van der Waals surface area contributed by atoms with Crippen LogP contribution in [-0.2, 0) is 4.79 Å². The number of amides is 3. The summed E-state index contributed by atoms with van der Waals surface area (Å²) >= 11 is 0. The standard InChI is InChI=1S/C17H18N4O3/c18-15(22)12-8-10-21(11-12)17(23)20-14-7-4-9-19-16(14)24-13-5-2-1-3-6-13/h1-7,9,12H,8,10-11H2,(H2,18,22)(H,20,23)/t12-/m0/s1. The molecule has 3 rings (SSSR count). The minimum Gasteiger partial charge on any atom is -0.437 e. The molecule has 1 fully saturated rings. The number of pyridine rings is 1. The van der Waals surface area contributed by atoms with Gasteiger partial charge in [-0.15, -0.1) is 0 Å². The van der Waals surface area contributed by atoms with Crippen LogP contribution in [0.5, 0.6) is 11.6 Å². The number of rotatable bonds is 4. The van der Waals surface area contributed by atoms with E-state index in [2.05, 4.69) is 10.3 Å². The van der Waals surface area contributed by atoms with Gasteiger partial charge in [-0.1, -0.05) is 18.2 Å². The summed E-state index contributed by atoms with van der Waals surface area (Å²) in [5.74, 6) is 0.272. The highest BCUT2D eigenvalue weighted by Crippen LogP contribution is 2.27. The van der Waals surface area contributed by atoms with Crippen molar-refractivity contribution in [2.75, 3.05) is 18.4 Å². The van der Waals surface area contributed by atoms with Gasteiger partial charge < -0.3 is 20.7 Å². The molecule has 3 amide bonds. The zero-order chi connectivity index (χ0) is 16.9. The summed E-state index contributed by atoms with van der Waals surface area (Å²) in [5, 5.41) is 2.78. The van der Waals surface area contributed by atoms with Gasteiger partial charge in [-0.05, 0) is 30.7 Å².